The average Bonchev–Trinajstić information content (AvgIpc) is 2.93. The van der Waals surface area contributed by atoms with E-state index in [4.69, 9.17) is 15.2 Å². The lowest BCUT2D eigenvalue weighted by atomic mass is 10.1. The summed E-state index contributed by atoms with van der Waals surface area (Å²) in [5.41, 5.74) is 7.70. The second-order valence-corrected chi connectivity index (χ2v) is 4.63. The summed E-state index contributed by atoms with van der Waals surface area (Å²) >= 11 is 0. The van der Waals surface area contributed by atoms with Crippen LogP contribution < -0.4 is 10.5 Å². The van der Waals surface area contributed by atoms with Crippen molar-refractivity contribution in [1.82, 2.24) is 0 Å². The van der Waals surface area contributed by atoms with Gasteiger partial charge in [-0.3, -0.25) is 0 Å². The van der Waals surface area contributed by atoms with Gasteiger partial charge in [-0.2, -0.15) is 0 Å². The van der Waals surface area contributed by atoms with E-state index in [0.29, 0.717) is 13.2 Å². The Hall–Kier alpha value is -2.49. The molecular weight excluding hydrogens is 252 g/mol. The van der Waals surface area contributed by atoms with Gasteiger partial charge in [0.15, 0.2) is 0 Å². The fourth-order valence-electron chi connectivity index (χ4n) is 2.11. The zero-order chi connectivity index (χ0) is 13.8. The predicted octanol–water partition coefficient (Wildman–Crippen LogP) is 2.65. The van der Waals surface area contributed by atoms with Crippen LogP contribution >= 0.6 is 0 Å². The Balaban J connectivity index is 1.66. The molecule has 1 atom stereocenters. The number of nitrogens with zero attached hydrogens (tertiary/aromatic N) is 1. The molecule has 0 bridgehead atoms. The minimum absolute atomic E-state index is 0.102. The van der Waals surface area contributed by atoms with Crippen LogP contribution in [0.2, 0.25) is 0 Å². The van der Waals surface area contributed by atoms with E-state index in [-0.39, 0.29) is 12.1 Å². The Morgan fingerprint density at radius 3 is 2.75 bits per heavy atom. The van der Waals surface area contributed by atoms with Crippen LogP contribution in [0.15, 0.2) is 59.6 Å². The van der Waals surface area contributed by atoms with Gasteiger partial charge in [0.05, 0.1) is 6.54 Å². The molecule has 0 radical (unpaired) electrons. The van der Waals surface area contributed by atoms with Crippen molar-refractivity contribution in [1.29, 1.82) is 0 Å². The van der Waals surface area contributed by atoms with Crippen molar-refractivity contribution in [3.05, 3.63) is 65.7 Å². The summed E-state index contributed by atoms with van der Waals surface area (Å²) in [7, 11) is 0. The summed E-state index contributed by atoms with van der Waals surface area (Å²) in [6.45, 7) is 1.11. The first-order valence-electron chi connectivity index (χ1n) is 6.54. The molecule has 0 spiro atoms. The van der Waals surface area contributed by atoms with Crippen LogP contribution in [0.1, 0.15) is 17.2 Å². The second kappa shape index (κ2) is 5.65. The molecule has 1 aliphatic heterocycles. The number of rotatable bonds is 4. The number of nitrogens with two attached hydrogens (primary N) is 1. The zero-order valence-corrected chi connectivity index (χ0v) is 11.0. The Bertz CT molecular complexity index is 611. The molecule has 20 heavy (non-hydrogen) atoms. The van der Waals surface area contributed by atoms with E-state index in [1.165, 1.54) is 0 Å². The van der Waals surface area contributed by atoms with E-state index in [2.05, 4.69) is 4.99 Å². The summed E-state index contributed by atoms with van der Waals surface area (Å²) in [4.78, 5) is 4.05. The number of hydrogen-bond acceptors (Lipinski definition) is 4. The molecule has 0 amide bonds. The molecule has 2 N–H and O–H groups in total. The van der Waals surface area contributed by atoms with E-state index < -0.39 is 0 Å². The predicted molar refractivity (Wildman–Crippen MR) is 77.5 cm³/mol. The SMILES string of the molecule is NC1=NC[C@H](c2cccc(OCc3ccccc3)c2)O1. The minimum Gasteiger partial charge on any atom is -0.489 e. The summed E-state index contributed by atoms with van der Waals surface area (Å²) in [5, 5.41) is 0. The lowest BCUT2D eigenvalue weighted by molar-refractivity contribution is 0.225. The molecule has 1 aliphatic rings. The highest BCUT2D eigenvalue weighted by Crippen LogP contribution is 2.25. The van der Waals surface area contributed by atoms with Crippen molar-refractivity contribution in [2.45, 2.75) is 12.7 Å². The third kappa shape index (κ3) is 2.91. The topological polar surface area (TPSA) is 56.8 Å². The zero-order valence-electron chi connectivity index (χ0n) is 11.0. The summed E-state index contributed by atoms with van der Waals surface area (Å²) in [5.74, 6) is 0.820. The van der Waals surface area contributed by atoms with Gasteiger partial charge in [-0.15, -0.1) is 0 Å². The highest BCUT2D eigenvalue weighted by Gasteiger charge is 2.19. The third-order valence-electron chi connectivity index (χ3n) is 3.15. The molecule has 0 unspecified atom stereocenters. The molecular formula is C16H16N2O2. The molecule has 0 saturated heterocycles. The fraction of sp³-hybridized carbons (Fsp3) is 0.188. The maximum Gasteiger partial charge on any atom is 0.282 e. The summed E-state index contributed by atoms with van der Waals surface area (Å²) < 4.78 is 11.2. The van der Waals surface area contributed by atoms with Crippen LogP contribution in [0, 0.1) is 0 Å². The monoisotopic (exact) mass is 268 g/mol. The highest BCUT2D eigenvalue weighted by atomic mass is 16.5. The first-order chi connectivity index (χ1) is 9.81. The number of amidine groups is 1. The second-order valence-electron chi connectivity index (χ2n) is 4.63. The summed E-state index contributed by atoms with van der Waals surface area (Å²) in [6, 6.07) is 18.2. The van der Waals surface area contributed by atoms with Crippen molar-refractivity contribution in [2.75, 3.05) is 6.54 Å². The van der Waals surface area contributed by atoms with Gasteiger partial charge in [-0.05, 0) is 23.3 Å². The number of benzene rings is 2. The van der Waals surface area contributed by atoms with Crippen LogP contribution in [0.5, 0.6) is 5.75 Å². The van der Waals surface area contributed by atoms with E-state index in [9.17, 15) is 0 Å². The van der Waals surface area contributed by atoms with E-state index in [0.717, 1.165) is 16.9 Å². The molecule has 4 nitrogen and oxygen atoms in total. The number of aliphatic imine (C=N–C) groups is 1. The van der Waals surface area contributed by atoms with Crippen molar-refractivity contribution < 1.29 is 9.47 Å². The minimum atomic E-state index is -0.102. The van der Waals surface area contributed by atoms with E-state index in [1.54, 1.807) is 0 Å². The first-order valence-corrected chi connectivity index (χ1v) is 6.54. The molecule has 0 aromatic heterocycles. The summed E-state index contributed by atoms with van der Waals surface area (Å²) in [6.07, 6.45) is -0.102. The quantitative estimate of drug-likeness (QED) is 0.927. The molecule has 0 saturated carbocycles. The van der Waals surface area contributed by atoms with Crippen LogP contribution in [-0.4, -0.2) is 12.6 Å². The molecule has 2 aromatic carbocycles. The molecule has 3 rings (SSSR count). The molecule has 0 fully saturated rings. The van der Waals surface area contributed by atoms with Crippen molar-refractivity contribution in [2.24, 2.45) is 10.7 Å². The largest absolute Gasteiger partial charge is 0.489 e. The van der Waals surface area contributed by atoms with Crippen LogP contribution in [0.3, 0.4) is 0 Å². The Labute approximate surface area is 117 Å². The van der Waals surface area contributed by atoms with Gasteiger partial charge in [-0.1, -0.05) is 42.5 Å². The van der Waals surface area contributed by atoms with Gasteiger partial charge >= 0.3 is 0 Å². The molecule has 2 aromatic rings. The van der Waals surface area contributed by atoms with E-state index >= 15 is 0 Å². The third-order valence-corrected chi connectivity index (χ3v) is 3.15. The Morgan fingerprint density at radius 2 is 2.00 bits per heavy atom. The Morgan fingerprint density at radius 1 is 1.15 bits per heavy atom. The van der Waals surface area contributed by atoms with Crippen molar-refractivity contribution >= 4 is 6.02 Å². The smallest absolute Gasteiger partial charge is 0.282 e. The van der Waals surface area contributed by atoms with Gasteiger partial charge in [-0.25, -0.2) is 4.99 Å². The van der Waals surface area contributed by atoms with Crippen molar-refractivity contribution in [3.63, 3.8) is 0 Å². The molecule has 102 valence electrons. The maximum absolute atomic E-state index is 5.79. The van der Waals surface area contributed by atoms with Gasteiger partial charge in [0.1, 0.15) is 18.5 Å². The maximum atomic E-state index is 5.79. The number of ether oxygens (including phenoxy) is 2. The number of hydrogen-bond donors (Lipinski definition) is 1. The van der Waals surface area contributed by atoms with Crippen LogP contribution in [0.25, 0.3) is 0 Å². The standard InChI is InChI=1S/C16H16N2O2/c17-16-18-10-15(20-16)13-7-4-8-14(9-13)19-11-12-5-2-1-3-6-12/h1-9,15H,10-11H2,(H2,17,18)/t15-/m1/s1. The van der Waals surface area contributed by atoms with Gasteiger partial charge in [0, 0.05) is 0 Å². The fourth-order valence-corrected chi connectivity index (χ4v) is 2.11. The highest BCUT2D eigenvalue weighted by molar-refractivity contribution is 5.73. The van der Waals surface area contributed by atoms with E-state index in [1.807, 2.05) is 54.6 Å². The van der Waals surface area contributed by atoms with Gasteiger partial charge in [0.25, 0.3) is 6.02 Å². The van der Waals surface area contributed by atoms with Crippen molar-refractivity contribution in [3.8, 4) is 5.75 Å². The molecule has 1 heterocycles. The van der Waals surface area contributed by atoms with Gasteiger partial charge in [0.2, 0.25) is 0 Å². The lowest BCUT2D eigenvalue weighted by Crippen LogP contribution is -2.13. The van der Waals surface area contributed by atoms with Crippen LogP contribution in [0.4, 0.5) is 0 Å². The van der Waals surface area contributed by atoms with Crippen LogP contribution in [-0.2, 0) is 11.3 Å². The van der Waals surface area contributed by atoms with Gasteiger partial charge < -0.3 is 15.2 Å². The average molecular weight is 268 g/mol. The first kappa shape index (κ1) is 12.5. The normalized spacial score (nSPS) is 17.4. The lowest BCUT2D eigenvalue weighted by Gasteiger charge is -2.12. The molecule has 0 aliphatic carbocycles. The Kier molecular flexibility index (Phi) is 3.54. The molecule has 4 heteroatoms.